The molecule has 3 aromatic rings. The molecule has 3 heterocycles. The molecule has 0 spiro atoms. The molecule has 1 aliphatic rings. The Bertz CT molecular complexity index is 2080. The standard InChI is InChI=1S/C46H66Cl3N9O12S/c1-31-38(71-30-54-31)33-9-7-32(8-10-33)28-53-40(62)35-27-34(59)29-58(35)41(63)39(45(2,3)4)55-37(61)12-18-66-20-22-68-24-26-69-25-23-67-21-19-65-17-11-36(60)50-15-6-16-70-44(64)57-42(46(47,48)49)56-43-51-13-5-14-52-43/h5,7-10,13-14,30,34-35,39,42,59H,6,11-12,15-29H2,1-4H3,(H,50,60)(H,53,62)(H,55,61)(H,57,64)(H,51,52,56). The number of aromatic nitrogens is 3. The van der Waals surface area contributed by atoms with E-state index < -0.39 is 45.6 Å². The van der Waals surface area contributed by atoms with Gasteiger partial charge in [0, 0.05) is 51.3 Å². The summed E-state index contributed by atoms with van der Waals surface area (Å²) >= 11 is 19.4. The average Bonchev–Trinajstić information content (AvgIpc) is 3.95. The van der Waals surface area contributed by atoms with Crippen LogP contribution >= 0.6 is 46.1 Å². The van der Waals surface area contributed by atoms with Crippen molar-refractivity contribution in [3.8, 4) is 10.4 Å². The van der Waals surface area contributed by atoms with Crippen LogP contribution in [0.15, 0.2) is 48.2 Å². The Balaban J connectivity index is 0.953. The zero-order valence-corrected chi connectivity index (χ0v) is 43.5. The minimum absolute atomic E-state index is 0.00392. The molecule has 4 unspecified atom stereocenters. The van der Waals surface area contributed by atoms with E-state index in [1.807, 2.05) is 52.0 Å². The largest absolute Gasteiger partial charge is 0.449 e. The molecule has 2 aromatic heterocycles. The zero-order valence-electron chi connectivity index (χ0n) is 40.4. The molecule has 1 aliphatic heterocycles. The number of carbonyl (C=O) groups excluding carboxylic acids is 5. The first-order valence-corrected chi connectivity index (χ1v) is 25.2. The number of amides is 5. The molecule has 71 heavy (non-hydrogen) atoms. The van der Waals surface area contributed by atoms with Crippen molar-refractivity contribution in [2.45, 2.75) is 88.1 Å². The Morgan fingerprint density at radius 3 is 1.92 bits per heavy atom. The van der Waals surface area contributed by atoms with Gasteiger partial charge in [-0.2, -0.15) is 0 Å². The second-order valence-corrected chi connectivity index (χ2v) is 20.4. The first-order chi connectivity index (χ1) is 33.9. The van der Waals surface area contributed by atoms with Crippen LogP contribution < -0.4 is 26.6 Å². The van der Waals surface area contributed by atoms with E-state index in [0.29, 0.717) is 46.1 Å². The molecule has 5 amide bonds. The molecule has 1 fully saturated rings. The number of benzene rings is 1. The highest BCUT2D eigenvalue weighted by Gasteiger charge is 2.44. The zero-order chi connectivity index (χ0) is 51.7. The van der Waals surface area contributed by atoms with E-state index in [9.17, 15) is 29.1 Å². The fourth-order valence-corrected chi connectivity index (χ4v) is 7.88. The van der Waals surface area contributed by atoms with Crippen LogP contribution in [0.25, 0.3) is 10.4 Å². The summed E-state index contributed by atoms with van der Waals surface area (Å²) in [5.41, 5.74) is 4.00. The van der Waals surface area contributed by atoms with Crippen molar-refractivity contribution in [1.29, 1.82) is 0 Å². The molecular weight excluding hydrogens is 1010 g/mol. The molecule has 4 atom stereocenters. The minimum atomic E-state index is -1.93. The predicted molar refractivity (Wildman–Crippen MR) is 267 cm³/mol. The van der Waals surface area contributed by atoms with Crippen molar-refractivity contribution in [3.63, 3.8) is 0 Å². The smallest absolute Gasteiger partial charge is 0.408 e. The summed E-state index contributed by atoms with van der Waals surface area (Å²) in [5.74, 6) is -1.28. The number of alkyl halides is 3. The van der Waals surface area contributed by atoms with Crippen LogP contribution in [0, 0.1) is 12.3 Å². The first kappa shape index (κ1) is 59.1. The lowest BCUT2D eigenvalue weighted by Crippen LogP contribution is -2.57. The van der Waals surface area contributed by atoms with Gasteiger partial charge < -0.3 is 59.7 Å². The highest BCUT2D eigenvalue weighted by molar-refractivity contribution is 7.13. The molecule has 21 nitrogen and oxygen atoms in total. The van der Waals surface area contributed by atoms with Gasteiger partial charge in [-0.15, -0.1) is 11.3 Å². The van der Waals surface area contributed by atoms with E-state index in [1.54, 1.807) is 22.9 Å². The van der Waals surface area contributed by atoms with Gasteiger partial charge in [0.05, 0.1) is 94.9 Å². The molecule has 0 saturated carbocycles. The molecule has 25 heteroatoms. The SMILES string of the molecule is Cc1ncsc1-c1ccc(CNC(=O)C2CC(O)CN2C(=O)C(NC(=O)CCOCCOCCOCCOCCOCCC(=O)NCCCOC(=O)NC(Nc2ncccn2)C(Cl)(Cl)Cl)C(C)(C)C)cc1. The maximum absolute atomic E-state index is 13.9. The third kappa shape index (κ3) is 22.4. The average molecular weight is 1080 g/mol. The fraction of sp³-hybridized carbons (Fsp3) is 0.609. The topological polar surface area (TPSA) is 263 Å². The van der Waals surface area contributed by atoms with E-state index in [4.69, 9.17) is 63.2 Å². The van der Waals surface area contributed by atoms with E-state index in [-0.39, 0.29) is 95.6 Å². The number of hydrogen-bond acceptors (Lipinski definition) is 17. The summed E-state index contributed by atoms with van der Waals surface area (Å²) in [5, 5.41) is 24.1. The molecule has 0 aliphatic carbocycles. The van der Waals surface area contributed by atoms with Crippen LogP contribution in [0.3, 0.4) is 0 Å². The number of rotatable bonds is 31. The lowest BCUT2D eigenvalue weighted by Gasteiger charge is -2.35. The molecule has 6 N–H and O–H groups in total. The van der Waals surface area contributed by atoms with Crippen molar-refractivity contribution in [2.24, 2.45) is 5.41 Å². The number of likely N-dealkylation sites (tertiary alicyclic amines) is 1. The molecule has 4 rings (SSSR count). The number of thiazole rings is 1. The van der Waals surface area contributed by atoms with Gasteiger partial charge in [0.25, 0.3) is 0 Å². The molecule has 394 valence electrons. The molecule has 1 saturated heterocycles. The maximum Gasteiger partial charge on any atom is 0.408 e. The number of aryl methyl sites for hydroxylation is 1. The number of ether oxygens (including phenoxy) is 6. The lowest BCUT2D eigenvalue weighted by molar-refractivity contribution is -0.144. The number of alkyl carbamates (subject to hydrolysis) is 1. The van der Waals surface area contributed by atoms with E-state index in [0.717, 1.165) is 21.7 Å². The number of anilines is 1. The Labute approximate surface area is 433 Å². The van der Waals surface area contributed by atoms with Crippen molar-refractivity contribution in [3.05, 3.63) is 59.5 Å². The van der Waals surface area contributed by atoms with Gasteiger partial charge in [0.1, 0.15) is 12.1 Å². The van der Waals surface area contributed by atoms with Crippen molar-refractivity contribution in [1.82, 2.24) is 41.1 Å². The summed E-state index contributed by atoms with van der Waals surface area (Å²) < 4.78 is 30.7. The van der Waals surface area contributed by atoms with Gasteiger partial charge in [0.2, 0.25) is 33.4 Å². The third-order valence-electron chi connectivity index (χ3n) is 10.5. The number of β-amino-alcohol motifs (C(OH)–C–C–N with tert-alkyl or cyclic N) is 1. The summed E-state index contributed by atoms with van der Waals surface area (Å²) in [4.78, 5) is 79.2. The van der Waals surface area contributed by atoms with Crippen LogP contribution in [0.2, 0.25) is 0 Å². The van der Waals surface area contributed by atoms with Gasteiger partial charge in [-0.05, 0) is 36.0 Å². The first-order valence-electron chi connectivity index (χ1n) is 23.2. The lowest BCUT2D eigenvalue weighted by atomic mass is 9.85. The highest BCUT2D eigenvalue weighted by Crippen LogP contribution is 2.31. The van der Waals surface area contributed by atoms with Crippen LogP contribution in [0.4, 0.5) is 10.7 Å². The van der Waals surface area contributed by atoms with Gasteiger partial charge in [-0.1, -0.05) is 79.8 Å². The van der Waals surface area contributed by atoms with Gasteiger partial charge in [-0.25, -0.2) is 19.7 Å². The maximum atomic E-state index is 13.9. The summed E-state index contributed by atoms with van der Waals surface area (Å²) in [6.07, 6.45) is 0.665. The normalized spacial score (nSPS) is 15.7. The fourth-order valence-electron chi connectivity index (χ4n) is 6.74. The minimum Gasteiger partial charge on any atom is -0.449 e. The summed E-state index contributed by atoms with van der Waals surface area (Å²) in [6.45, 7) is 10.8. The molecular formula is C46H66Cl3N9O12S. The monoisotopic (exact) mass is 1070 g/mol. The van der Waals surface area contributed by atoms with E-state index >= 15 is 0 Å². The molecule has 1 aromatic carbocycles. The van der Waals surface area contributed by atoms with Crippen LogP contribution in [-0.2, 0) is 54.1 Å². The van der Waals surface area contributed by atoms with Crippen molar-refractivity contribution >= 4 is 81.8 Å². The van der Waals surface area contributed by atoms with Gasteiger partial charge >= 0.3 is 6.09 Å². The molecule has 0 radical (unpaired) electrons. The Kier molecular flexibility index (Phi) is 25.9. The highest BCUT2D eigenvalue weighted by atomic mass is 35.6. The number of aliphatic hydroxyl groups is 1. The second-order valence-electron chi connectivity index (χ2n) is 17.2. The predicted octanol–water partition coefficient (Wildman–Crippen LogP) is 3.92. The number of aliphatic hydroxyl groups excluding tert-OH is 1. The number of nitrogens with zero attached hydrogens (tertiary/aromatic N) is 4. The Morgan fingerprint density at radius 1 is 0.789 bits per heavy atom. The van der Waals surface area contributed by atoms with Gasteiger partial charge in [-0.3, -0.25) is 24.5 Å². The summed E-state index contributed by atoms with van der Waals surface area (Å²) in [7, 11) is 0. The van der Waals surface area contributed by atoms with Crippen molar-refractivity contribution in [2.75, 3.05) is 91.1 Å². The second kappa shape index (κ2) is 31.2. The van der Waals surface area contributed by atoms with Gasteiger partial charge in [0.15, 0.2) is 6.17 Å². The number of hydrogen-bond donors (Lipinski definition) is 6. The van der Waals surface area contributed by atoms with Crippen LogP contribution in [-0.4, -0.2) is 169 Å². The molecule has 0 bridgehead atoms. The number of halogens is 3. The Morgan fingerprint density at radius 2 is 1.37 bits per heavy atom. The van der Waals surface area contributed by atoms with E-state index in [1.165, 1.54) is 17.3 Å². The number of carbonyl (C=O) groups is 5. The Hall–Kier alpha value is -4.49. The van der Waals surface area contributed by atoms with E-state index in [2.05, 4.69) is 41.5 Å². The summed E-state index contributed by atoms with van der Waals surface area (Å²) in [6, 6.07) is 7.61. The van der Waals surface area contributed by atoms with Crippen LogP contribution in [0.1, 0.15) is 57.7 Å². The van der Waals surface area contributed by atoms with Crippen LogP contribution in [0.5, 0.6) is 0 Å². The third-order valence-corrected chi connectivity index (χ3v) is 12.1. The van der Waals surface area contributed by atoms with Crippen molar-refractivity contribution < 1.29 is 57.5 Å². The number of nitrogens with one attached hydrogen (secondary N) is 5. The quantitative estimate of drug-likeness (QED) is 0.0303.